The zero-order valence-corrected chi connectivity index (χ0v) is 16.2. The fraction of sp³-hybridized carbons (Fsp3) is 0.200. The van der Waals surface area contributed by atoms with E-state index >= 15 is 0 Å². The summed E-state index contributed by atoms with van der Waals surface area (Å²) in [6.45, 7) is 1.80. The predicted octanol–water partition coefficient (Wildman–Crippen LogP) is 4.62. The molecule has 0 bridgehead atoms. The number of benzene rings is 2. The number of halogens is 3. The van der Waals surface area contributed by atoms with Crippen molar-refractivity contribution in [1.29, 1.82) is 0 Å². The summed E-state index contributed by atoms with van der Waals surface area (Å²) in [6.07, 6.45) is 2.13. The molecule has 0 spiro atoms. The van der Waals surface area contributed by atoms with Gasteiger partial charge in [0.15, 0.2) is 0 Å². The Morgan fingerprint density at radius 2 is 1.93 bits per heavy atom. The Kier molecular flexibility index (Phi) is 4.89. The molecule has 0 radical (unpaired) electrons. The lowest BCUT2D eigenvalue weighted by Gasteiger charge is -2.27. The molecule has 1 N–H and O–H groups in total. The molecule has 7 heteroatoms. The number of anilines is 1. The first-order valence-corrected chi connectivity index (χ1v) is 9.28. The first-order valence-electron chi connectivity index (χ1n) is 8.52. The summed E-state index contributed by atoms with van der Waals surface area (Å²) in [4.78, 5) is 2.15. The average molecular weight is 406 g/mol. The molecule has 2 heterocycles. The summed E-state index contributed by atoms with van der Waals surface area (Å²) in [7, 11) is 2.03. The summed E-state index contributed by atoms with van der Waals surface area (Å²) >= 11 is 12.5. The highest BCUT2D eigenvalue weighted by molar-refractivity contribution is 6.35. The largest absolute Gasteiger partial charge is 0.487 e. The van der Waals surface area contributed by atoms with Crippen LogP contribution in [-0.4, -0.2) is 31.6 Å². The fourth-order valence-electron chi connectivity index (χ4n) is 3.20. The van der Waals surface area contributed by atoms with Crippen molar-refractivity contribution < 1.29 is 9.13 Å². The summed E-state index contributed by atoms with van der Waals surface area (Å²) in [5, 5.41) is 3.24. The van der Waals surface area contributed by atoms with Crippen LogP contribution in [0, 0.1) is 5.82 Å². The fourth-order valence-corrected chi connectivity index (χ4v) is 3.58. The van der Waals surface area contributed by atoms with Crippen molar-refractivity contribution in [2.24, 2.45) is 0 Å². The zero-order chi connectivity index (χ0) is 19.0. The number of hydrazine groups is 1. The Hall–Kier alpha value is -2.37. The average Bonchev–Trinajstić information content (AvgIpc) is 3.08. The predicted molar refractivity (Wildman–Crippen MR) is 107 cm³/mol. The number of ether oxygens (including phenoxy) is 1. The van der Waals surface area contributed by atoms with E-state index < -0.39 is 0 Å². The van der Waals surface area contributed by atoms with Crippen molar-refractivity contribution in [3.63, 3.8) is 0 Å². The maximum absolute atomic E-state index is 13.1. The van der Waals surface area contributed by atoms with Crippen LogP contribution in [0.2, 0.25) is 10.0 Å². The normalized spacial score (nSPS) is 16.2. The second-order valence-electron chi connectivity index (χ2n) is 6.46. The van der Waals surface area contributed by atoms with E-state index in [1.807, 2.05) is 18.1 Å². The van der Waals surface area contributed by atoms with Crippen molar-refractivity contribution in [2.75, 3.05) is 31.8 Å². The van der Waals surface area contributed by atoms with E-state index in [2.05, 4.69) is 16.4 Å². The van der Waals surface area contributed by atoms with Crippen LogP contribution in [-0.2, 0) is 0 Å². The van der Waals surface area contributed by atoms with Gasteiger partial charge in [-0.2, -0.15) is 0 Å². The monoisotopic (exact) mass is 405 g/mol. The quantitative estimate of drug-likeness (QED) is 0.802. The zero-order valence-electron chi connectivity index (χ0n) is 14.7. The van der Waals surface area contributed by atoms with E-state index in [0.717, 1.165) is 29.2 Å². The smallest absolute Gasteiger partial charge is 0.128 e. The summed E-state index contributed by atoms with van der Waals surface area (Å²) in [5.74, 6) is 0.355. The number of nitrogens with one attached hydrogen (secondary N) is 1. The molecule has 27 heavy (non-hydrogen) atoms. The topological polar surface area (TPSA) is 27.7 Å². The molecule has 1 saturated heterocycles. The Labute approximate surface area is 167 Å². The minimum atomic E-state index is -0.279. The Morgan fingerprint density at radius 1 is 1.15 bits per heavy atom. The molecule has 2 aliphatic rings. The second-order valence-corrected chi connectivity index (χ2v) is 7.30. The van der Waals surface area contributed by atoms with Crippen LogP contribution in [0.15, 0.2) is 65.5 Å². The maximum Gasteiger partial charge on any atom is 0.128 e. The van der Waals surface area contributed by atoms with Gasteiger partial charge in [-0.15, -0.1) is 0 Å². The van der Waals surface area contributed by atoms with Gasteiger partial charge in [0.25, 0.3) is 0 Å². The molecule has 2 aliphatic heterocycles. The van der Waals surface area contributed by atoms with E-state index in [9.17, 15) is 4.39 Å². The Morgan fingerprint density at radius 3 is 2.70 bits per heavy atom. The number of hydrogen-bond acceptors (Lipinski definition) is 4. The molecular weight excluding hydrogens is 388 g/mol. The van der Waals surface area contributed by atoms with Crippen LogP contribution >= 0.6 is 23.2 Å². The summed E-state index contributed by atoms with van der Waals surface area (Å²) in [6, 6.07) is 11.4. The number of hydrogen-bond donors (Lipinski definition) is 1. The molecule has 140 valence electrons. The van der Waals surface area contributed by atoms with Crippen LogP contribution in [0.25, 0.3) is 0 Å². The van der Waals surface area contributed by atoms with Gasteiger partial charge in [-0.05, 0) is 48.5 Å². The molecule has 0 saturated carbocycles. The van der Waals surface area contributed by atoms with Gasteiger partial charge in [0.2, 0.25) is 0 Å². The van der Waals surface area contributed by atoms with Gasteiger partial charge < -0.3 is 9.64 Å². The van der Waals surface area contributed by atoms with Gasteiger partial charge in [-0.3, -0.25) is 10.4 Å². The SMILES string of the molecule is CN1CC=C2NN(c3cc(Cl)ccc3Cl)CC2=C1COc1ccc(F)cc1. The van der Waals surface area contributed by atoms with Gasteiger partial charge in [-0.25, -0.2) is 4.39 Å². The third-order valence-corrected chi connectivity index (χ3v) is 5.22. The van der Waals surface area contributed by atoms with Crippen molar-refractivity contribution in [3.8, 4) is 5.75 Å². The van der Waals surface area contributed by atoms with E-state index in [0.29, 0.717) is 28.9 Å². The molecule has 1 fully saturated rings. The molecule has 4 nitrogen and oxygen atoms in total. The molecule has 2 aromatic carbocycles. The second kappa shape index (κ2) is 7.33. The minimum absolute atomic E-state index is 0.279. The molecule has 0 unspecified atom stereocenters. The van der Waals surface area contributed by atoms with E-state index in [1.165, 1.54) is 12.1 Å². The summed E-state index contributed by atoms with van der Waals surface area (Å²) in [5.41, 5.74) is 7.48. The first kappa shape index (κ1) is 18.0. The van der Waals surface area contributed by atoms with E-state index in [-0.39, 0.29) is 5.82 Å². The number of rotatable bonds is 4. The van der Waals surface area contributed by atoms with Crippen LogP contribution in [0.3, 0.4) is 0 Å². The molecule has 4 rings (SSSR count). The minimum Gasteiger partial charge on any atom is -0.487 e. The highest BCUT2D eigenvalue weighted by Gasteiger charge is 2.30. The standard InChI is InChI=1S/C20H18Cl2FN3O/c1-25-9-8-18-16(20(25)12-27-15-5-3-14(23)4-6-15)11-26(24-18)19-10-13(21)2-7-17(19)22/h2-8,10,24H,9,11-12H2,1H3. The third kappa shape index (κ3) is 3.70. The molecular formula is C20H18Cl2FN3O. The third-order valence-electron chi connectivity index (χ3n) is 4.66. The number of nitrogens with zero attached hydrogens (tertiary/aromatic N) is 2. The summed E-state index contributed by atoms with van der Waals surface area (Å²) < 4.78 is 18.9. The Bertz CT molecular complexity index is 927. The number of likely N-dealkylation sites (N-methyl/N-ethyl adjacent to an activating group) is 1. The molecule has 0 amide bonds. The van der Waals surface area contributed by atoms with Gasteiger partial charge in [0, 0.05) is 24.2 Å². The lowest BCUT2D eigenvalue weighted by molar-refractivity contribution is 0.296. The van der Waals surface area contributed by atoms with Gasteiger partial charge in [0.1, 0.15) is 18.2 Å². The van der Waals surface area contributed by atoms with Crippen molar-refractivity contribution >= 4 is 28.9 Å². The molecule has 0 aliphatic carbocycles. The maximum atomic E-state index is 13.1. The lowest BCUT2D eigenvalue weighted by Crippen LogP contribution is -2.30. The number of fused-ring (bicyclic) bond motifs is 1. The highest BCUT2D eigenvalue weighted by Crippen LogP contribution is 2.34. The first-order chi connectivity index (χ1) is 13.0. The van der Waals surface area contributed by atoms with E-state index in [1.54, 1.807) is 24.3 Å². The van der Waals surface area contributed by atoms with Crippen molar-refractivity contribution in [3.05, 3.63) is 81.4 Å². The van der Waals surface area contributed by atoms with Crippen molar-refractivity contribution in [1.82, 2.24) is 10.3 Å². The molecule has 2 aromatic rings. The van der Waals surface area contributed by atoms with Gasteiger partial charge in [0.05, 0.1) is 28.6 Å². The van der Waals surface area contributed by atoms with Crippen LogP contribution in [0.1, 0.15) is 0 Å². The van der Waals surface area contributed by atoms with Crippen LogP contribution in [0.4, 0.5) is 10.1 Å². The molecule has 0 aromatic heterocycles. The highest BCUT2D eigenvalue weighted by atomic mass is 35.5. The molecule has 0 atom stereocenters. The van der Waals surface area contributed by atoms with Crippen LogP contribution in [0.5, 0.6) is 5.75 Å². The van der Waals surface area contributed by atoms with Crippen molar-refractivity contribution in [2.45, 2.75) is 0 Å². The Balaban J connectivity index is 1.58. The van der Waals surface area contributed by atoms with Gasteiger partial charge in [-0.1, -0.05) is 23.2 Å². The van der Waals surface area contributed by atoms with Gasteiger partial charge >= 0.3 is 0 Å². The van der Waals surface area contributed by atoms with E-state index in [4.69, 9.17) is 27.9 Å². The lowest BCUT2D eigenvalue weighted by atomic mass is 10.1. The van der Waals surface area contributed by atoms with Crippen LogP contribution < -0.4 is 15.2 Å².